The molecule has 8 aliphatic rings. The molecular formula is C46H76O20. The van der Waals surface area contributed by atoms with Gasteiger partial charge in [0, 0.05) is 30.8 Å². The number of hydrogen-bond donors (Lipinski definition) is 12. The van der Waals surface area contributed by atoms with E-state index >= 15 is 0 Å². The van der Waals surface area contributed by atoms with Gasteiger partial charge in [0.05, 0.1) is 44.7 Å². The first-order valence-corrected chi connectivity index (χ1v) is 24.0. The van der Waals surface area contributed by atoms with Gasteiger partial charge < -0.3 is 99.2 Å². The monoisotopic (exact) mass is 948 g/mol. The lowest BCUT2D eigenvalue weighted by molar-refractivity contribution is -0.373. The van der Waals surface area contributed by atoms with Gasteiger partial charge in [-0.05, 0) is 80.5 Å². The van der Waals surface area contributed by atoms with Crippen LogP contribution in [0.3, 0.4) is 0 Å². The molecule has 4 aliphatic carbocycles. The van der Waals surface area contributed by atoms with Crippen LogP contribution in [0.4, 0.5) is 0 Å². The minimum atomic E-state index is -1.77. The van der Waals surface area contributed by atoms with Crippen molar-refractivity contribution in [1.82, 2.24) is 0 Å². The van der Waals surface area contributed by atoms with Gasteiger partial charge in [0.1, 0.15) is 73.2 Å². The normalized spacial score (nSPS) is 54.8. The summed E-state index contributed by atoms with van der Waals surface area (Å²) in [5.74, 6) is 0.0376. The Morgan fingerprint density at radius 2 is 1.26 bits per heavy atom. The van der Waals surface area contributed by atoms with E-state index in [-0.39, 0.29) is 53.8 Å². The summed E-state index contributed by atoms with van der Waals surface area (Å²) >= 11 is 0. The van der Waals surface area contributed by atoms with Crippen molar-refractivity contribution >= 4 is 0 Å². The maximum Gasteiger partial charge on any atom is 0.187 e. The summed E-state index contributed by atoms with van der Waals surface area (Å²) in [4.78, 5) is 0. The molecule has 4 saturated carbocycles. The Morgan fingerprint density at radius 1 is 0.667 bits per heavy atom. The number of aliphatic hydroxyl groups is 12. The highest BCUT2D eigenvalue weighted by atomic mass is 16.8. The summed E-state index contributed by atoms with van der Waals surface area (Å²) in [6.45, 7) is 9.00. The van der Waals surface area contributed by atoms with Crippen molar-refractivity contribution in [3.05, 3.63) is 12.2 Å². The molecule has 380 valence electrons. The Kier molecular flexibility index (Phi) is 15.4. The van der Waals surface area contributed by atoms with Crippen molar-refractivity contribution in [2.24, 2.45) is 46.3 Å². The summed E-state index contributed by atoms with van der Waals surface area (Å²) in [6, 6.07) is 0. The standard InChI is InChI=1S/C46H76O20/c1-19(18-60-41-38(57)35(54)32(51)27(15-47)62-41)8-11-46(59-5)20(2)31-26(66-46)13-25-23-7-6-21-12-22(9-10-44(21,3)24(23)14-30(50)45(25,31)4)61-43-40(37(56)34(53)29(17-49)64-43)65-42-39(58)36(55)33(52)28(16-48)63-42/h20-43,47-58H,1,6-18H2,2-5H3/t20-,21+,22-,23+,24-,25-,26-,27+,28+,29+,30+,31-,32+,33+,34-,35-,36-,37-,38+,39+,40+,41+,42-,43+,44-,45+,46?/m0/s1. The van der Waals surface area contributed by atoms with Gasteiger partial charge in [-0.2, -0.15) is 0 Å². The average Bonchev–Trinajstić information content (AvgIpc) is 3.77. The smallest absolute Gasteiger partial charge is 0.187 e. The van der Waals surface area contributed by atoms with Crippen LogP contribution in [0.2, 0.25) is 0 Å². The zero-order valence-electron chi connectivity index (χ0n) is 38.4. The molecule has 4 saturated heterocycles. The molecule has 1 unspecified atom stereocenters. The van der Waals surface area contributed by atoms with Gasteiger partial charge in [0.15, 0.2) is 24.7 Å². The predicted molar refractivity (Wildman–Crippen MR) is 225 cm³/mol. The number of aliphatic hydroxyl groups excluding tert-OH is 12. The molecule has 66 heavy (non-hydrogen) atoms. The van der Waals surface area contributed by atoms with E-state index in [1.165, 1.54) is 0 Å². The van der Waals surface area contributed by atoms with Gasteiger partial charge in [0.25, 0.3) is 0 Å². The maximum absolute atomic E-state index is 12.4. The fraction of sp³-hybridized carbons (Fsp3) is 0.957. The number of rotatable bonds is 14. The van der Waals surface area contributed by atoms with E-state index in [1.54, 1.807) is 7.11 Å². The molecule has 0 spiro atoms. The van der Waals surface area contributed by atoms with Crippen molar-refractivity contribution in [1.29, 1.82) is 0 Å². The maximum atomic E-state index is 12.4. The van der Waals surface area contributed by atoms with Crippen LogP contribution in [-0.4, -0.2) is 211 Å². The topological polar surface area (TPSA) is 317 Å². The molecule has 20 heteroatoms. The highest BCUT2D eigenvalue weighted by Gasteiger charge is 2.71. The number of fused-ring (bicyclic) bond motifs is 7. The largest absolute Gasteiger partial charge is 0.394 e. The van der Waals surface area contributed by atoms with Crippen molar-refractivity contribution in [2.45, 2.75) is 195 Å². The number of methoxy groups -OCH3 is 1. The first-order chi connectivity index (χ1) is 31.3. The molecule has 12 N–H and O–H groups in total. The average molecular weight is 949 g/mol. The van der Waals surface area contributed by atoms with Gasteiger partial charge in [-0.3, -0.25) is 0 Å². The predicted octanol–water partition coefficient (Wildman–Crippen LogP) is -2.23. The highest BCUT2D eigenvalue weighted by molar-refractivity contribution is 5.18. The lowest BCUT2D eigenvalue weighted by Gasteiger charge is -2.62. The van der Waals surface area contributed by atoms with Gasteiger partial charge in [0.2, 0.25) is 0 Å². The molecule has 0 aromatic heterocycles. The van der Waals surface area contributed by atoms with Crippen LogP contribution in [0.15, 0.2) is 12.2 Å². The van der Waals surface area contributed by atoms with Crippen LogP contribution < -0.4 is 0 Å². The van der Waals surface area contributed by atoms with Gasteiger partial charge in [-0.1, -0.05) is 32.9 Å². The first-order valence-electron chi connectivity index (χ1n) is 24.0. The zero-order valence-corrected chi connectivity index (χ0v) is 38.4. The second-order valence-electron chi connectivity index (χ2n) is 21.3. The van der Waals surface area contributed by atoms with E-state index in [2.05, 4.69) is 27.4 Å². The Labute approximate surface area is 385 Å². The van der Waals surface area contributed by atoms with E-state index in [9.17, 15) is 61.3 Å². The quantitative estimate of drug-likeness (QED) is 0.0648. The molecule has 0 aromatic rings. The van der Waals surface area contributed by atoms with E-state index in [1.807, 2.05) is 0 Å². The molecule has 0 amide bonds. The van der Waals surface area contributed by atoms with Crippen LogP contribution in [0, 0.1) is 46.3 Å². The van der Waals surface area contributed by atoms with Gasteiger partial charge in [-0.25, -0.2) is 0 Å². The summed E-state index contributed by atoms with van der Waals surface area (Å²) in [5, 5.41) is 126. The highest BCUT2D eigenvalue weighted by Crippen LogP contribution is 2.71. The Morgan fingerprint density at radius 3 is 1.88 bits per heavy atom. The third-order valence-corrected chi connectivity index (χ3v) is 18.2. The third kappa shape index (κ3) is 8.66. The Balaban J connectivity index is 0.897. The molecule has 8 fully saturated rings. The van der Waals surface area contributed by atoms with Crippen molar-refractivity contribution in [3.8, 4) is 0 Å². The zero-order chi connectivity index (χ0) is 47.8. The van der Waals surface area contributed by atoms with E-state index in [0.29, 0.717) is 43.6 Å². The molecule has 27 atom stereocenters. The van der Waals surface area contributed by atoms with Crippen LogP contribution in [0.1, 0.15) is 78.6 Å². The van der Waals surface area contributed by atoms with Crippen LogP contribution in [-0.2, 0) is 37.9 Å². The first kappa shape index (κ1) is 51.3. The second kappa shape index (κ2) is 19.9. The molecule has 0 bridgehead atoms. The molecular weight excluding hydrogens is 872 g/mol. The fourth-order valence-electron chi connectivity index (χ4n) is 14.3. The summed E-state index contributed by atoms with van der Waals surface area (Å²) in [7, 11) is 1.64. The van der Waals surface area contributed by atoms with E-state index < -0.39 is 129 Å². The fourth-order valence-corrected chi connectivity index (χ4v) is 14.3. The molecule has 8 rings (SSSR count). The van der Waals surface area contributed by atoms with Crippen LogP contribution >= 0.6 is 0 Å². The van der Waals surface area contributed by atoms with Crippen LogP contribution in [0.25, 0.3) is 0 Å². The molecule has 0 radical (unpaired) electrons. The Hall–Kier alpha value is -1.06. The van der Waals surface area contributed by atoms with Gasteiger partial charge >= 0.3 is 0 Å². The Bertz CT molecular complexity index is 1660. The van der Waals surface area contributed by atoms with Crippen LogP contribution in [0.5, 0.6) is 0 Å². The third-order valence-electron chi connectivity index (χ3n) is 18.2. The SMILES string of the molecule is C=C(CCC1(OC)O[C@H]2C[C@H]3[C@@H]4CC[C@@H]5C[C@@H](O[C@@H]6O[C@H](CO)[C@H](O)[C@H](O)[C@H]6O[C@@H]6O[C@H](CO)[C@@H](O)[C@H](O)[C@H]6O)CC[C@]5(C)[C@H]4C[C@@H](O)[C@]3(C)[C@H]2[C@@H]1C)CO[C@@H]1O[C@H](CO)[C@@H](O)[C@H](O)[C@H]1O. The molecule has 0 aromatic carbocycles. The summed E-state index contributed by atoms with van der Waals surface area (Å²) in [6.07, 6.45) is -17.0. The number of hydrogen-bond acceptors (Lipinski definition) is 20. The van der Waals surface area contributed by atoms with Gasteiger partial charge in [-0.15, -0.1) is 0 Å². The summed E-state index contributed by atoms with van der Waals surface area (Å²) < 4.78 is 48.4. The molecule has 4 heterocycles. The number of ether oxygens (including phenoxy) is 8. The lowest BCUT2D eigenvalue weighted by atomic mass is 9.43. The van der Waals surface area contributed by atoms with Crippen molar-refractivity contribution < 1.29 is 99.2 Å². The minimum Gasteiger partial charge on any atom is -0.394 e. The second-order valence-corrected chi connectivity index (χ2v) is 21.3. The minimum absolute atomic E-state index is 0.00972. The van der Waals surface area contributed by atoms with Crippen molar-refractivity contribution in [2.75, 3.05) is 33.5 Å². The van der Waals surface area contributed by atoms with Crippen molar-refractivity contribution in [3.63, 3.8) is 0 Å². The van der Waals surface area contributed by atoms with E-state index in [4.69, 9.17) is 37.9 Å². The summed E-state index contributed by atoms with van der Waals surface area (Å²) in [5.41, 5.74) is 0.123. The van der Waals surface area contributed by atoms with E-state index in [0.717, 1.165) is 25.7 Å². The lowest BCUT2D eigenvalue weighted by Crippen LogP contribution is -2.65. The molecule has 20 nitrogen and oxygen atoms in total. The molecule has 4 aliphatic heterocycles.